The van der Waals surface area contributed by atoms with Crippen LogP contribution in [0.5, 0.6) is 0 Å². The molecule has 1 aromatic rings. The molecule has 12 heavy (non-hydrogen) atoms. The molecular weight excluding hydrogens is 193 g/mol. The average molecular weight is 205 g/mol. The van der Waals surface area contributed by atoms with E-state index in [-0.39, 0.29) is 0 Å². The molecule has 1 heterocycles. The molecule has 0 saturated heterocycles. The van der Waals surface area contributed by atoms with Crippen molar-refractivity contribution in [2.75, 3.05) is 6.54 Å². The maximum atomic E-state index is 10.8. The Morgan fingerprint density at radius 1 is 1.58 bits per heavy atom. The molecule has 0 aromatic carbocycles. The average Bonchev–Trinajstić information content (AvgIpc) is 2.36. The highest BCUT2D eigenvalue weighted by molar-refractivity contribution is 7.56. The molecule has 0 bridgehead atoms. The monoisotopic (exact) mass is 205 g/mol. The molecule has 68 valence electrons. The van der Waals surface area contributed by atoms with Crippen molar-refractivity contribution in [1.82, 2.24) is 5.09 Å². The summed E-state index contributed by atoms with van der Waals surface area (Å²) in [7, 11) is -3.03. The third kappa shape index (κ3) is 3.99. The third-order valence-electron chi connectivity index (χ3n) is 1.31. The molecule has 0 fully saturated rings. The van der Waals surface area contributed by atoms with E-state index in [1.807, 2.05) is 17.5 Å². The lowest BCUT2D eigenvalue weighted by atomic mass is 10.3. The summed E-state index contributed by atoms with van der Waals surface area (Å²) < 4.78 is 10.8. The fourth-order valence-corrected chi connectivity index (χ4v) is 1.98. The summed E-state index contributed by atoms with van der Waals surface area (Å²) in [6.07, 6.45) is 0.816. The topological polar surface area (TPSA) is 81.1 Å². The zero-order chi connectivity index (χ0) is 9.03. The van der Waals surface area contributed by atoms with E-state index in [0.717, 1.165) is 6.42 Å². The van der Waals surface area contributed by atoms with Crippen LogP contribution < -0.4 is 16.1 Å². The van der Waals surface area contributed by atoms with Gasteiger partial charge in [-0.3, -0.25) is 15.6 Å². The molecular formula is C6H12N3OPS. The highest BCUT2D eigenvalue weighted by atomic mass is 32.1. The lowest BCUT2D eigenvalue weighted by molar-refractivity contribution is 0.566. The summed E-state index contributed by atoms with van der Waals surface area (Å²) in [6.45, 7) is 0.560. The van der Waals surface area contributed by atoms with E-state index in [0.29, 0.717) is 6.54 Å². The Labute approximate surface area is 75.5 Å². The van der Waals surface area contributed by atoms with Crippen LogP contribution in [0.3, 0.4) is 0 Å². The SMILES string of the molecule is NP(N)(=O)NCCc1cccs1. The van der Waals surface area contributed by atoms with Gasteiger partial charge in [-0.2, -0.15) is 0 Å². The van der Waals surface area contributed by atoms with Gasteiger partial charge in [0, 0.05) is 11.4 Å². The van der Waals surface area contributed by atoms with Gasteiger partial charge in [0.2, 0.25) is 0 Å². The number of thiophene rings is 1. The summed E-state index contributed by atoms with van der Waals surface area (Å²) >= 11 is 1.66. The second-order valence-electron chi connectivity index (χ2n) is 2.45. The lowest BCUT2D eigenvalue weighted by Crippen LogP contribution is -2.23. The minimum atomic E-state index is -3.03. The van der Waals surface area contributed by atoms with Gasteiger partial charge in [-0.25, -0.2) is 5.09 Å². The van der Waals surface area contributed by atoms with Crippen LogP contribution in [0, 0.1) is 0 Å². The van der Waals surface area contributed by atoms with Gasteiger partial charge in [0.1, 0.15) is 0 Å². The normalized spacial score (nSPS) is 11.8. The van der Waals surface area contributed by atoms with Crippen molar-refractivity contribution in [1.29, 1.82) is 0 Å². The van der Waals surface area contributed by atoms with E-state index in [2.05, 4.69) is 5.09 Å². The Hall–Kier alpha value is -0.190. The van der Waals surface area contributed by atoms with Gasteiger partial charge in [-0.1, -0.05) is 6.07 Å². The van der Waals surface area contributed by atoms with Gasteiger partial charge in [0.15, 0.2) is 0 Å². The van der Waals surface area contributed by atoms with E-state index >= 15 is 0 Å². The van der Waals surface area contributed by atoms with Crippen molar-refractivity contribution in [3.8, 4) is 0 Å². The van der Waals surface area contributed by atoms with Crippen LogP contribution in [0.15, 0.2) is 17.5 Å². The van der Waals surface area contributed by atoms with E-state index in [1.165, 1.54) is 4.88 Å². The second-order valence-corrected chi connectivity index (χ2v) is 5.21. The van der Waals surface area contributed by atoms with Gasteiger partial charge >= 0.3 is 0 Å². The number of hydrogen-bond acceptors (Lipinski definition) is 2. The van der Waals surface area contributed by atoms with Crippen molar-refractivity contribution in [2.24, 2.45) is 11.0 Å². The molecule has 6 heteroatoms. The van der Waals surface area contributed by atoms with Crippen LogP contribution in [-0.2, 0) is 11.0 Å². The predicted octanol–water partition coefficient (Wildman–Crippen LogP) is 0.906. The molecule has 0 spiro atoms. The molecule has 1 rings (SSSR count). The summed E-state index contributed by atoms with van der Waals surface area (Å²) in [5.74, 6) is 0. The zero-order valence-electron chi connectivity index (χ0n) is 6.56. The van der Waals surface area contributed by atoms with Gasteiger partial charge < -0.3 is 0 Å². The Morgan fingerprint density at radius 2 is 2.33 bits per heavy atom. The second kappa shape index (κ2) is 4.16. The minimum absolute atomic E-state index is 0.560. The molecule has 0 radical (unpaired) electrons. The third-order valence-corrected chi connectivity index (χ3v) is 2.96. The predicted molar refractivity (Wildman–Crippen MR) is 52.0 cm³/mol. The van der Waals surface area contributed by atoms with Crippen LogP contribution in [0.1, 0.15) is 4.88 Å². The first-order chi connectivity index (χ1) is 5.58. The van der Waals surface area contributed by atoms with Crippen LogP contribution in [0.25, 0.3) is 0 Å². The van der Waals surface area contributed by atoms with Gasteiger partial charge in [0.05, 0.1) is 0 Å². The van der Waals surface area contributed by atoms with Crippen molar-refractivity contribution >= 4 is 18.9 Å². The zero-order valence-corrected chi connectivity index (χ0v) is 8.28. The highest BCUT2D eigenvalue weighted by Gasteiger charge is 2.05. The summed E-state index contributed by atoms with van der Waals surface area (Å²) in [6, 6.07) is 3.99. The first-order valence-electron chi connectivity index (χ1n) is 3.52. The highest BCUT2D eigenvalue weighted by Crippen LogP contribution is 2.17. The summed E-state index contributed by atoms with van der Waals surface area (Å²) in [5.41, 5.74) is 10.2. The summed E-state index contributed by atoms with van der Waals surface area (Å²) in [4.78, 5) is 1.23. The Bertz CT molecular complexity index is 268. The standard InChI is InChI=1S/C6H12N3OPS/c7-11(8,10)9-4-3-6-2-1-5-12-6/h1-2,5H,3-4H2,(H5,7,8,9,10). The number of nitrogens with one attached hydrogen (secondary N) is 1. The molecule has 0 unspecified atom stereocenters. The maximum absolute atomic E-state index is 10.8. The quantitative estimate of drug-likeness (QED) is 0.638. The Balaban J connectivity index is 2.24. The van der Waals surface area contributed by atoms with Crippen LogP contribution >= 0.6 is 18.9 Å². The molecule has 0 atom stereocenters. The molecule has 0 saturated carbocycles. The summed E-state index contributed by atoms with van der Waals surface area (Å²) in [5, 5.41) is 4.58. The molecule has 0 amide bonds. The first-order valence-corrected chi connectivity index (χ1v) is 6.25. The number of nitrogens with two attached hydrogens (primary N) is 2. The van der Waals surface area contributed by atoms with Gasteiger partial charge in [-0.05, 0) is 17.9 Å². The van der Waals surface area contributed by atoms with Gasteiger partial charge in [-0.15, -0.1) is 11.3 Å². The fourth-order valence-electron chi connectivity index (χ4n) is 0.809. The molecule has 4 nitrogen and oxygen atoms in total. The number of rotatable bonds is 4. The van der Waals surface area contributed by atoms with Crippen LogP contribution in [0.2, 0.25) is 0 Å². The minimum Gasteiger partial charge on any atom is -0.271 e. The molecule has 5 N–H and O–H groups in total. The first kappa shape index (κ1) is 9.89. The van der Waals surface area contributed by atoms with Gasteiger partial charge in [0.25, 0.3) is 7.59 Å². The maximum Gasteiger partial charge on any atom is 0.273 e. The van der Waals surface area contributed by atoms with Crippen LogP contribution in [-0.4, -0.2) is 6.54 Å². The van der Waals surface area contributed by atoms with Crippen molar-refractivity contribution in [2.45, 2.75) is 6.42 Å². The Kier molecular flexibility index (Phi) is 3.43. The molecule has 0 aliphatic rings. The van der Waals surface area contributed by atoms with Crippen LogP contribution in [0.4, 0.5) is 0 Å². The lowest BCUT2D eigenvalue weighted by Gasteiger charge is -2.06. The fraction of sp³-hybridized carbons (Fsp3) is 0.333. The Morgan fingerprint density at radius 3 is 2.83 bits per heavy atom. The van der Waals surface area contributed by atoms with Crippen molar-refractivity contribution in [3.05, 3.63) is 22.4 Å². The van der Waals surface area contributed by atoms with Crippen molar-refractivity contribution < 1.29 is 4.57 Å². The smallest absolute Gasteiger partial charge is 0.271 e. The van der Waals surface area contributed by atoms with Crippen molar-refractivity contribution in [3.63, 3.8) is 0 Å². The number of hydrogen-bond donors (Lipinski definition) is 3. The van der Waals surface area contributed by atoms with E-state index in [4.69, 9.17) is 11.0 Å². The van der Waals surface area contributed by atoms with E-state index < -0.39 is 7.59 Å². The largest absolute Gasteiger partial charge is 0.273 e. The van der Waals surface area contributed by atoms with E-state index in [1.54, 1.807) is 11.3 Å². The van der Waals surface area contributed by atoms with E-state index in [9.17, 15) is 4.57 Å². The molecule has 0 aliphatic carbocycles. The molecule has 0 aliphatic heterocycles. The molecule has 1 aromatic heterocycles.